The minimum Gasteiger partial charge on any atom is -0.494 e. The molecule has 1 saturated heterocycles. The van der Waals surface area contributed by atoms with Gasteiger partial charge in [-0.2, -0.15) is 4.98 Å². The highest BCUT2D eigenvalue weighted by atomic mass is 16.5. The second-order valence-electron chi connectivity index (χ2n) is 11.5. The topological polar surface area (TPSA) is 168 Å². The van der Waals surface area contributed by atoms with Crippen molar-refractivity contribution in [3.63, 3.8) is 0 Å². The number of benzene rings is 1. The Hall–Kier alpha value is -4.40. The molecular formula is C28H30B3N9O5. The van der Waals surface area contributed by atoms with Crippen LogP contribution in [0.15, 0.2) is 28.8 Å². The molecular weight excluding hydrogens is 575 g/mol. The van der Waals surface area contributed by atoms with Gasteiger partial charge in [-0.25, -0.2) is 0 Å². The van der Waals surface area contributed by atoms with Crippen molar-refractivity contribution in [3.8, 4) is 17.2 Å². The van der Waals surface area contributed by atoms with Crippen LogP contribution in [0, 0.1) is 11.8 Å². The number of carbonyl (C=O) groups excluding carboxylic acids is 3. The molecule has 1 aliphatic heterocycles. The second kappa shape index (κ2) is 12.5. The van der Waals surface area contributed by atoms with Crippen molar-refractivity contribution in [2.24, 2.45) is 11.8 Å². The number of nitrogens with zero attached hydrogens (tertiary/aromatic N) is 6. The zero-order valence-electron chi connectivity index (χ0n) is 24.8. The number of para-hydroxylation sites is 1. The van der Waals surface area contributed by atoms with Gasteiger partial charge in [0.05, 0.1) is 54.1 Å². The van der Waals surface area contributed by atoms with Crippen molar-refractivity contribution in [1.82, 2.24) is 35.5 Å². The summed E-state index contributed by atoms with van der Waals surface area (Å²) in [5.74, 6) is 0.633. The number of carbonyl (C=O) groups is 3. The monoisotopic (exact) mass is 605 g/mol. The van der Waals surface area contributed by atoms with Crippen LogP contribution in [0.2, 0.25) is 0 Å². The Morgan fingerprint density at radius 2 is 1.76 bits per heavy atom. The van der Waals surface area contributed by atoms with Gasteiger partial charge in [0.15, 0.2) is 23.1 Å². The van der Waals surface area contributed by atoms with Crippen LogP contribution in [0.25, 0.3) is 11.5 Å². The maximum Gasteiger partial charge on any atom is 0.272 e. The van der Waals surface area contributed by atoms with E-state index in [0.29, 0.717) is 42.5 Å². The van der Waals surface area contributed by atoms with Gasteiger partial charge >= 0.3 is 0 Å². The smallest absolute Gasteiger partial charge is 0.272 e. The van der Waals surface area contributed by atoms with Crippen LogP contribution >= 0.6 is 0 Å². The molecule has 3 aliphatic rings. The van der Waals surface area contributed by atoms with E-state index in [1.54, 1.807) is 18.2 Å². The van der Waals surface area contributed by atoms with Crippen LogP contribution in [-0.2, 0) is 16.1 Å². The Morgan fingerprint density at radius 1 is 1.02 bits per heavy atom. The Balaban J connectivity index is 1.20. The van der Waals surface area contributed by atoms with Crippen molar-refractivity contribution in [3.05, 3.63) is 35.8 Å². The molecule has 14 nitrogen and oxygen atoms in total. The molecule has 0 bridgehead atoms. The molecule has 3 amide bonds. The first kappa shape index (κ1) is 30.6. The molecule has 2 aromatic heterocycles. The molecule has 0 atom stereocenters. The maximum atomic E-state index is 12.9. The molecule has 1 aromatic carbocycles. The number of aromatic nitrogens is 4. The highest BCUT2D eigenvalue weighted by molar-refractivity contribution is 6.60. The van der Waals surface area contributed by atoms with Gasteiger partial charge in [-0.15, -0.1) is 10.2 Å². The fraction of sp³-hybridized carbons (Fsp3) is 0.464. The Bertz CT molecular complexity index is 1600. The maximum absolute atomic E-state index is 12.9. The fourth-order valence-electron chi connectivity index (χ4n) is 5.06. The first-order valence-electron chi connectivity index (χ1n) is 14.7. The van der Waals surface area contributed by atoms with Gasteiger partial charge in [-0.3, -0.25) is 19.3 Å². The molecule has 0 spiro atoms. The van der Waals surface area contributed by atoms with E-state index in [1.807, 2.05) is 4.90 Å². The minimum absolute atomic E-state index is 0.0734. The summed E-state index contributed by atoms with van der Waals surface area (Å²) in [5, 5.41) is 18.2. The summed E-state index contributed by atoms with van der Waals surface area (Å²) in [7, 11) is 18.2. The molecule has 0 unspecified atom stereocenters. The lowest BCUT2D eigenvalue weighted by Gasteiger charge is -2.34. The summed E-state index contributed by atoms with van der Waals surface area (Å²) in [4.78, 5) is 46.4. The van der Waals surface area contributed by atoms with Crippen molar-refractivity contribution < 1.29 is 23.6 Å². The van der Waals surface area contributed by atoms with Crippen LogP contribution < -0.4 is 20.7 Å². The number of methoxy groups -OCH3 is 1. The predicted octanol–water partition coefficient (Wildman–Crippen LogP) is 0.528. The number of anilines is 3. The summed E-state index contributed by atoms with van der Waals surface area (Å²) < 4.78 is 11.3. The summed E-state index contributed by atoms with van der Waals surface area (Å²) in [6, 6.07) is 6.68. The van der Waals surface area contributed by atoms with Crippen molar-refractivity contribution in [2.45, 2.75) is 37.5 Å². The SMILES string of the molecule is [B]C([B])([B])NC(=O)c1nnc(NC(=O)C2CC2)cc1Nc1cccc(-c2nc(CN3CCN(C(=O)C4CC4)CC3)no2)c1OC. The fourth-order valence-corrected chi connectivity index (χ4v) is 5.06. The number of nitrogens with one attached hydrogen (secondary N) is 3. The van der Waals surface area contributed by atoms with E-state index in [1.165, 1.54) is 13.2 Å². The minimum atomic E-state index is -2.01. The third-order valence-electron chi connectivity index (χ3n) is 7.70. The van der Waals surface area contributed by atoms with Gasteiger partial charge in [0, 0.05) is 44.1 Å². The van der Waals surface area contributed by atoms with Gasteiger partial charge in [0.1, 0.15) is 0 Å². The first-order valence-corrected chi connectivity index (χ1v) is 14.7. The van der Waals surface area contributed by atoms with Crippen LogP contribution in [-0.4, -0.2) is 110 Å². The average molecular weight is 605 g/mol. The zero-order valence-corrected chi connectivity index (χ0v) is 24.8. The molecule has 3 aromatic rings. The molecule has 45 heavy (non-hydrogen) atoms. The molecule has 3 heterocycles. The normalized spacial score (nSPS) is 17.0. The number of ether oxygens (including phenoxy) is 1. The highest BCUT2D eigenvalue weighted by Gasteiger charge is 2.35. The lowest BCUT2D eigenvalue weighted by Crippen LogP contribution is -2.50. The third kappa shape index (κ3) is 7.47. The Morgan fingerprint density at radius 3 is 2.42 bits per heavy atom. The summed E-state index contributed by atoms with van der Waals surface area (Å²) in [5.41, 5.74) is 0.906. The van der Waals surface area contributed by atoms with Crippen LogP contribution in [0.4, 0.5) is 17.2 Å². The van der Waals surface area contributed by atoms with E-state index >= 15 is 0 Å². The summed E-state index contributed by atoms with van der Waals surface area (Å²) in [6.07, 6.45) is 3.60. The standard InChI is InChI=1S/C28H30B3N9O5/c1-44-23-17(26-34-21(38-45-26)14-39-9-11-40(12-10-39)27(43)16-7-8-16)3-2-4-18(23)32-19-13-20(33-24(41)15-5-6-15)36-37-22(19)25(42)35-28(29,30)31/h2-4,13,15-16H,5-12,14H2,1H3,(H,35,42)(H2,32,33,36,41). The van der Waals surface area contributed by atoms with Crippen molar-refractivity contribution in [2.75, 3.05) is 43.9 Å². The molecule has 2 aliphatic carbocycles. The molecule has 17 heteroatoms. The summed E-state index contributed by atoms with van der Waals surface area (Å²) in [6.45, 7) is 3.28. The quantitative estimate of drug-likeness (QED) is 0.261. The number of piperazine rings is 1. The van der Waals surface area contributed by atoms with Gasteiger partial charge in [0.25, 0.3) is 11.8 Å². The van der Waals surface area contributed by atoms with E-state index in [0.717, 1.165) is 38.8 Å². The molecule has 2 saturated carbocycles. The van der Waals surface area contributed by atoms with Gasteiger partial charge in [-0.1, -0.05) is 16.5 Å². The van der Waals surface area contributed by atoms with E-state index in [9.17, 15) is 14.4 Å². The molecule has 3 N–H and O–H groups in total. The van der Waals surface area contributed by atoms with E-state index in [-0.39, 0.29) is 46.7 Å². The third-order valence-corrected chi connectivity index (χ3v) is 7.70. The summed E-state index contributed by atoms with van der Waals surface area (Å²) >= 11 is 0. The van der Waals surface area contributed by atoms with Crippen LogP contribution in [0.3, 0.4) is 0 Å². The highest BCUT2D eigenvalue weighted by Crippen LogP contribution is 2.38. The van der Waals surface area contributed by atoms with E-state index in [2.05, 4.69) is 41.2 Å². The lowest BCUT2D eigenvalue weighted by atomic mass is 9.49. The van der Waals surface area contributed by atoms with Gasteiger partial charge in [-0.05, 0) is 37.8 Å². The Labute approximate surface area is 263 Å². The van der Waals surface area contributed by atoms with Gasteiger partial charge in [0.2, 0.25) is 11.8 Å². The molecule has 226 valence electrons. The molecule has 6 rings (SSSR count). The number of hydrogen-bond donors (Lipinski definition) is 3. The molecule has 6 radical (unpaired) electrons. The Kier molecular flexibility index (Phi) is 8.53. The second-order valence-corrected chi connectivity index (χ2v) is 11.5. The predicted molar refractivity (Wildman–Crippen MR) is 165 cm³/mol. The van der Waals surface area contributed by atoms with E-state index in [4.69, 9.17) is 32.8 Å². The number of amides is 3. The average Bonchev–Trinajstić information content (AvgIpc) is 3.94. The lowest BCUT2D eigenvalue weighted by molar-refractivity contribution is -0.134. The zero-order chi connectivity index (χ0) is 31.7. The first-order chi connectivity index (χ1) is 21.6. The largest absolute Gasteiger partial charge is 0.494 e. The van der Waals surface area contributed by atoms with E-state index < -0.39 is 11.1 Å². The number of rotatable bonds is 11. The number of hydrogen-bond acceptors (Lipinski definition) is 11. The van der Waals surface area contributed by atoms with Crippen LogP contribution in [0.5, 0.6) is 5.75 Å². The van der Waals surface area contributed by atoms with Crippen LogP contribution in [0.1, 0.15) is 42.0 Å². The molecule has 3 fully saturated rings. The van der Waals surface area contributed by atoms with Crippen molar-refractivity contribution >= 4 is 58.5 Å². The van der Waals surface area contributed by atoms with Crippen molar-refractivity contribution in [1.29, 1.82) is 0 Å². The van der Waals surface area contributed by atoms with Gasteiger partial charge < -0.3 is 30.1 Å².